The molecule has 120 valence electrons. The second kappa shape index (κ2) is 7.43. The van der Waals surface area contributed by atoms with Crippen molar-refractivity contribution >= 4 is 11.8 Å². The van der Waals surface area contributed by atoms with Gasteiger partial charge < -0.3 is 10.2 Å². The van der Waals surface area contributed by atoms with E-state index in [0.717, 1.165) is 18.4 Å². The van der Waals surface area contributed by atoms with Crippen molar-refractivity contribution in [2.24, 2.45) is 5.92 Å². The van der Waals surface area contributed by atoms with Crippen molar-refractivity contribution < 1.29 is 9.59 Å². The number of nitrogens with zero attached hydrogens (tertiary/aromatic N) is 1. The second-order valence-corrected chi connectivity index (χ2v) is 6.15. The standard InChI is InChI=1S/C18H26N2O2/c1-4-5-12-19-18(22)15-10-11-16(21)20(3)17(15)14-8-6-13(2)7-9-14/h6-9,15,17H,4-5,10-12H2,1-3H3,(H,19,22)/t15-,17-/m1/s1. The van der Waals surface area contributed by atoms with E-state index in [1.165, 1.54) is 5.56 Å². The Kier molecular flexibility index (Phi) is 5.58. The van der Waals surface area contributed by atoms with Gasteiger partial charge in [0.25, 0.3) is 0 Å². The molecule has 0 spiro atoms. The van der Waals surface area contributed by atoms with Gasteiger partial charge >= 0.3 is 0 Å². The molecule has 0 radical (unpaired) electrons. The molecule has 1 saturated heterocycles. The third-order valence-electron chi connectivity index (χ3n) is 4.45. The summed E-state index contributed by atoms with van der Waals surface area (Å²) < 4.78 is 0. The van der Waals surface area contributed by atoms with E-state index in [0.29, 0.717) is 19.4 Å². The van der Waals surface area contributed by atoms with Gasteiger partial charge in [0, 0.05) is 20.0 Å². The van der Waals surface area contributed by atoms with Crippen molar-refractivity contribution in [1.82, 2.24) is 10.2 Å². The molecule has 2 atom stereocenters. The van der Waals surface area contributed by atoms with E-state index in [4.69, 9.17) is 0 Å². The quantitative estimate of drug-likeness (QED) is 0.850. The molecule has 2 amide bonds. The lowest BCUT2D eigenvalue weighted by atomic mass is 9.83. The van der Waals surface area contributed by atoms with Gasteiger partial charge in [-0.05, 0) is 25.3 Å². The Morgan fingerprint density at radius 1 is 1.32 bits per heavy atom. The average Bonchev–Trinajstić information content (AvgIpc) is 2.51. The number of hydrogen-bond acceptors (Lipinski definition) is 2. The number of hydrogen-bond donors (Lipinski definition) is 1. The van der Waals surface area contributed by atoms with E-state index in [9.17, 15) is 9.59 Å². The van der Waals surface area contributed by atoms with Crippen LogP contribution in [0, 0.1) is 12.8 Å². The maximum atomic E-state index is 12.5. The van der Waals surface area contributed by atoms with Gasteiger partial charge in [-0.2, -0.15) is 0 Å². The van der Waals surface area contributed by atoms with Crippen molar-refractivity contribution in [1.29, 1.82) is 0 Å². The predicted molar refractivity (Wildman–Crippen MR) is 87.3 cm³/mol. The first-order chi connectivity index (χ1) is 10.5. The Balaban J connectivity index is 2.20. The molecule has 1 N–H and O–H groups in total. The number of benzene rings is 1. The molecule has 2 rings (SSSR count). The molecule has 1 fully saturated rings. The van der Waals surface area contributed by atoms with Crippen LogP contribution in [-0.4, -0.2) is 30.3 Å². The molecule has 1 aliphatic heterocycles. The SMILES string of the molecule is CCCCNC(=O)[C@@H]1CCC(=O)N(C)[C@@H]1c1ccc(C)cc1. The van der Waals surface area contributed by atoms with Crippen molar-refractivity contribution in [3.8, 4) is 0 Å². The zero-order valence-electron chi connectivity index (χ0n) is 13.8. The summed E-state index contributed by atoms with van der Waals surface area (Å²) in [6.45, 7) is 4.85. The van der Waals surface area contributed by atoms with Crippen molar-refractivity contribution in [2.75, 3.05) is 13.6 Å². The van der Waals surface area contributed by atoms with Gasteiger partial charge in [0.05, 0.1) is 12.0 Å². The summed E-state index contributed by atoms with van der Waals surface area (Å²) in [5.41, 5.74) is 2.22. The Labute approximate surface area is 132 Å². The number of carbonyl (C=O) groups is 2. The molecule has 0 aliphatic carbocycles. The fourth-order valence-corrected chi connectivity index (χ4v) is 3.05. The molecule has 1 aliphatic rings. The van der Waals surface area contributed by atoms with E-state index >= 15 is 0 Å². The lowest BCUT2D eigenvalue weighted by Gasteiger charge is -2.38. The summed E-state index contributed by atoms with van der Waals surface area (Å²) in [6, 6.07) is 7.97. The van der Waals surface area contributed by atoms with Crippen LogP contribution in [0.15, 0.2) is 24.3 Å². The molecule has 1 heterocycles. The fourth-order valence-electron chi connectivity index (χ4n) is 3.05. The minimum Gasteiger partial charge on any atom is -0.356 e. The van der Waals surface area contributed by atoms with Crippen LogP contribution in [0.4, 0.5) is 0 Å². The summed E-state index contributed by atoms with van der Waals surface area (Å²) in [5, 5.41) is 3.02. The fraction of sp³-hybridized carbons (Fsp3) is 0.556. The highest BCUT2D eigenvalue weighted by molar-refractivity contribution is 5.84. The molecule has 4 heteroatoms. The lowest BCUT2D eigenvalue weighted by molar-refractivity contribution is -0.141. The van der Waals surface area contributed by atoms with Crippen LogP contribution in [0.5, 0.6) is 0 Å². The summed E-state index contributed by atoms with van der Waals surface area (Å²) >= 11 is 0. The zero-order valence-corrected chi connectivity index (χ0v) is 13.8. The molecule has 0 saturated carbocycles. The van der Waals surface area contributed by atoms with Crippen LogP contribution in [0.1, 0.15) is 49.8 Å². The highest BCUT2D eigenvalue weighted by atomic mass is 16.2. The van der Waals surface area contributed by atoms with Crippen LogP contribution in [0.3, 0.4) is 0 Å². The predicted octanol–water partition coefficient (Wildman–Crippen LogP) is 2.82. The molecule has 0 unspecified atom stereocenters. The van der Waals surface area contributed by atoms with E-state index in [2.05, 4.69) is 12.2 Å². The van der Waals surface area contributed by atoms with Gasteiger partial charge in [0.2, 0.25) is 11.8 Å². The van der Waals surface area contributed by atoms with Crippen molar-refractivity contribution in [3.63, 3.8) is 0 Å². The van der Waals surface area contributed by atoms with Gasteiger partial charge in [0.1, 0.15) is 0 Å². The number of piperidine rings is 1. The van der Waals surface area contributed by atoms with Gasteiger partial charge in [-0.3, -0.25) is 9.59 Å². The number of likely N-dealkylation sites (tertiary alicyclic amines) is 1. The van der Waals surface area contributed by atoms with E-state index in [1.54, 1.807) is 11.9 Å². The third kappa shape index (κ3) is 3.67. The van der Waals surface area contributed by atoms with Gasteiger partial charge in [0.15, 0.2) is 0 Å². The van der Waals surface area contributed by atoms with Gasteiger partial charge in [-0.25, -0.2) is 0 Å². The van der Waals surface area contributed by atoms with Gasteiger partial charge in [-0.15, -0.1) is 0 Å². The van der Waals surface area contributed by atoms with Crippen LogP contribution in [-0.2, 0) is 9.59 Å². The molecule has 1 aromatic carbocycles. The highest BCUT2D eigenvalue weighted by Gasteiger charge is 2.38. The molecule has 4 nitrogen and oxygen atoms in total. The second-order valence-electron chi connectivity index (χ2n) is 6.15. The number of amides is 2. The third-order valence-corrected chi connectivity index (χ3v) is 4.45. The molecule has 1 aromatic rings. The van der Waals surface area contributed by atoms with Crippen LogP contribution in [0.25, 0.3) is 0 Å². The zero-order chi connectivity index (χ0) is 16.1. The van der Waals surface area contributed by atoms with Crippen molar-refractivity contribution in [2.45, 2.75) is 45.6 Å². The van der Waals surface area contributed by atoms with E-state index < -0.39 is 0 Å². The Hall–Kier alpha value is -1.84. The minimum atomic E-state index is -0.165. The molecule has 0 aromatic heterocycles. The summed E-state index contributed by atoms with van der Waals surface area (Å²) in [6.07, 6.45) is 3.12. The summed E-state index contributed by atoms with van der Waals surface area (Å²) in [7, 11) is 1.80. The minimum absolute atomic E-state index is 0.0679. The molecule has 22 heavy (non-hydrogen) atoms. The smallest absolute Gasteiger partial charge is 0.225 e. The first-order valence-corrected chi connectivity index (χ1v) is 8.14. The monoisotopic (exact) mass is 302 g/mol. The summed E-state index contributed by atoms with van der Waals surface area (Å²) in [4.78, 5) is 26.3. The largest absolute Gasteiger partial charge is 0.356 e. The first kappa shape index (κ1) is 16.5. The Morgan fingerprint density at radius 3 is 2.64 bits per heavy atom. The van der Waals surface area contributed by atoms with Gasteiger partial charge in [-0.1, -0.05) is 43.2 Å². The van der Waals surface area contributed by atoms with Crippen LogP contribution >= 0.6 is 0 Å². The Morgan fingerprint density at radius 2 is 2.00 bits per heavy atom. The lowest BCUT2D eigenvalue weighted by Crippen LogP contribution is -2.46. The average molecular weight is 302 g/mol. The normalized spacial score (nSPS) is 21.8. The number of unbranched alkanes of at least 4 members (excludes halogenated alkanes) is 1. The molecular weight excluding hydrogens is 276 g/mol. The Bertz CT molecular complexity index is 524. The number of carbonyl (C=O) groups excluding carboxylic acids is 2. The first-order valence-electron chi connectivity index (χ1n) is 8.14. The maximum absolute atomic E-state index is 12.5. The van der Waals surface area contributed by atoms with E-state index in [1.807, 2.05) is 31.2 Å². The van der Waals surface area contributed by atoms with Crippen LogP contribution in [0.2, 0.25) is 0 Å². The molecular formula is C18H26N2O2. The number of nitrogens with one attached hydrogen (secondary N) is 1. The topological polar surface area (TPSA) is 49.4 Å². The summed E-state index contributed by atoms with van der Waals surface area (Å²) in [5.74, 6) is 0.0174. The number of aryl methyl sites for hydroxylation is 1. The van der Waals surface area contributed by atoms with Crippen molar-refractivity contribution in [3.05, 3.63) is 35.4 Å². The number of rotatable bonds is 5. The van der Waals surface area contributed by atoms with Crippen LogP contribution < -0.4 is 5.32 Å². The molecule has 0 bridgehead atoms. The van der Waals surface area contributed by atoms with E-state index in [-0.39, 0.29) is 23.8 Å². The highest BCUT2D eigenvalue weighted by Crippen LogP contribution is 2.35. The maximum Gasteiger partial charge on any atom is 0.225 e.